The molecule has 17 heavy (non-hydrogen) atoms. The van der Waals surface area contributed by atoms with E-state index >= 15 is 0 Å². The minimum absolute atomic E-state index is 0.0234. The van der Waals surface area contributed by atoms with Crippen molar-refractivity contribution in [3.05, 3.63) is 28.8 Å². The number of phenols is 1. The number of carboxylic acids is 1. The minimum Gasteiger partial charge on any atom is -0.507 e. The van der Waals surface area contributed by atoms with Gasteiger partial charge in [-0.25, -0.2) is 4.79 Å². The summed E-state index contributed by atoms with van der Waals surface area (Å²) in [5.41, 5.74) is 1.88. The Morgan fingerprint density at radius 1 is 1.41 bits per heavy atom. The lowest BCUT2D eigenvalue weighted by Gasteiger charge is -2.15. The van der Waals surface area contributed by atoms with Gasteiger partial charge >= 0.3 is 5.97 Å². The van der Waals surface area contributed by atoms with Crippen LogP contribution in [0.4, 0.5) is 0 Å². The number of aromatic carboxylic acids is 1. The van der Waals surface area contributed by atoms with E-state index in [-0.39, 0.29) is 11.3 Å². The number of nitrogens with zero attached hydrogens (tertiary/aromatic N) is 1. The minimum atomic E-state index is -1.09. The van der Waals surface area contributed by atoms with Crippen LogP contribution >= 0.6 is 0 Å². The molecule has 4 heteroatoms. The van der Waals surface area contributed by atoms with Gasteiger partial charge in [0.25, 0.3) is 0 Å². The summed E-state index contributed by atoms with van der Waals surface area (Å²) in [6.45, 7) is 5.79. The standard InChI is InChI=1S/C13H19NO3/c1-4-14(3)6-5-10-8-11(13(16)17)12(15)7-9(10)2/h7-8,15H,4-6H2,1-3H3,(H,16,17). The van der Waals surface area contributed by atoms with Crippen molar-refractivity contribution < 1.29 is 15.0 Å². The van der Waals surface area contributed by atoms with E-state index in [0.717, 1.165) is 30.6 Å². The zero-order valence-electron chi connectivity index (χ0n) is 10.5. The van der Waals surface area contributed by atoms with E-state index in [2.05, 4.69) is 11.8 Å². The van der Waals surface area contributed by atoms with E-state index in [1.807, 2.05) is 14.0 Å². The van der Waals surface area contributed by atoms with Crippen molar-refractivity contribution in [2.75, 3.05) is 20.1 Å². The molecule has 0 fully saturated rings. The van der Waals surface area contributed by atoms with Crippen molar-refractivity contribution in [1.29, 1.82) is 0 Å². The van der Waals surface area contributed by atoms with Crippen LogP contribution in [0.5, 0.6) is 5.75 Å². The maximum absolute atomic E-state index is 10.9. The Morgan fingerprint density at radius 2 is 2.06 bits per heavy atom. The van der Waals surface area contributed by atoms with Gasteiger partial charge in [0.1, 0.15) is 11.3 Å². The third-order valence-electron chi connectivity index (χ3n) is 2.99. The summed E-state index contributed by atoms with van der Waals surface area (Å²) in [6.07, 6.45) is 0.788. The summed E-state index contributed by atoms with van der Waals surface area (Å²) < 4.78 is 0. The van der Waals surface area contributed by atoms with Crippen LogP contribution in [-0.4, -0.2) is 41.2 Å². The highest BCUT2D eigenvalue weighted by Crippen LogP contribution is 2.22. The smallest absolute Gasteiger partial charge is 0.339 e. The molecule has 0 spiro atoms. The van der Waals surface area contributed by atoms with Crippen molar-refractivity contribution in [3.63, 3.8) is 0 Å². The van der Waals surface area contributed by atoms with E-state index in [9.17, 15) is 9.90 Å². The quantitative estimate of drug-likeness (QED) is 0.821. The Bertz CT molecular complexity index is 415. The summed E-state index contributed by atoms with van der Waals surface area (Å²) in [5, 5.41) is 18.5. The number of carboxylic acid groups (broad SMARTS) is 1. The topological polar surface area (TPSA) is 60.8 Å². The van der Waals surface area contributed by atoms with Gasteiger partial charge in [-0.1, -0.05) is 6.92 Å². The second-order valence-corrected chi connectivity index (χ2v) is 4.25. The number of aryl methyl sites for hydroxylation is 1. The Balaban J connectivity index is 2.92. The fourth-order valence-corrected chi connectivity index (χ4v) is 1.65. The number of benzene rings is 1. The molecule has 0 saturated carbocycles. The number of hydrogen-bond donors (Lipinski definition) is 2. The summed E-state index contributed by atoms with van der Waals surface area (Å²) in [7, 11) is 2.02. The van der Waals surface area contributed by atoms with Gasteiger partial charge in [-0.05, 0) is 50.2 Å². The van der Waals surface area contributed by atoms with Gasteiger partial charge in [-0.15, -0.1) is 0 Å². The maximum atomic E-state index is 10.9. The van der Waals surface area contributed by atoms with Crippen LogP contribution in [0.25, 0.3) is 0 Å². The summed E-state index contributed by atoms with van der Waals surface area (Å²) >= 11 is 0. The molecule has 1 rings (SSSR count). The zero-order valence-corrected chi connectivity index (χ0v) is 10.5. The number of likely N-dealkylation sites (N-methyl/N-ethyl adjacent to an activating group) is 1. The second-order valence-electron chi connectivity index (χ2n) is 4.25. The van der Waals surface area contributed by atoms with Gasteiger partial charge in [0.2, 0.25) is 0 Å². The molecule has 0 atom stereocenters. The van der Waals surface area contributed by atoms with Crippen LogP contribution in [-0.2, 0) is 6.42 Å². The van der Waals surface area contributed by atoms with Gasteiger partial charge in [-0.2, -0.15) is 0 Å². The highest BCUT2D eigenvalue weighted by molar-refractivity contribution is 5.91. The molecule has 0 unspecified atom stereocenters. The Hall–Kier alpha value is -1.55. The van der Waals surface area contributed by atoms with Crippen molar-refractivity contribution in [2.24, 2.45) is 0 Å². The van der Waals surface area contributed by atoms with Crippen molar-refractivity contribution in [3.8, 4) is 5.75 Å². The average molecular weight is 237 g/mol. The number of rotatable bonds is 5. The van der Waals surface area contributed by atoms with Crippen LogP contribution in [0.1, 0.15) is 28.4 Å². The molecular weight excluding hydrogens is 218 g/mol. The molecule has 0 radical (unpaired) electrons. The van der Waals surface area contributed by atoms with Gasteiger partial charge in [-0.3, -0.25) is 0 Å². The van der Waals surface area contributed by atoms with Crippen LogP contribution < -0.4 is 0 Å². The molecule has 1 aromatic rings. The zero-order chi connectivity index (χ0) is 13.0. The lowest BCUT2D eigenvalue weighted by atomic mass is 10.0. The lowest BCUT2D eigenvalue weighted by molar-refractivity contribution is 0.0693. The van der Waals surface area contributed by atoms with Crippen molar-refractivity contribution >= 4 is 5.97 Å². The van der Waals surface area contributed by atoms with Gasteiger partial charge in [0.15, 0.2) is 0 Å². The molecule has 0 heterocycles. The Kier molecular flexibility index (Phi) is 4.52. The number of carbonyl (C=O) groups is 1. The first-order chi connectivity index (χ1) is 7.95. The van der Waals surface area contributed by atoms with Crippen molar-refractivity contribution in [1.82, 2.24) is 4.90 Å². The van der Waals surface area contributed by atoms with E-state index in [4.69, 9.17) is 5.11 Å². The largest absolute Gasteiger partial charge is 0.507 e. The van der Waals surface area contributed by atoms with E-state index in [1.54, 1.807) is 6.07 Å². The predicted molar refractivity (Wildman–Crippen MR) is 66.7 cm³/mol. The second kappa shape index (κ2) is 5.68. The molecule has 0 aromatic heterocycles. The third-order valence-corrected chi connectivity index (χ3v) is 2.99. The summed E-state index contributed by atoms with van der Waals surface area (Å²) in [6, 6.07) is 3.08. The fraction of sp³-hybridized carbons (Fsp3) is 0.462. The highest BCUT2D eigenvalue weighted by atomic mass is 16.4. The fourth-order valence-electron chi connectivity index (χ4n) is 1.65. The summed E-state index contributed by atoms with van der Waals surface area (Å²) in [4.78, 5) is 13.1. The number of aromatic hydroxyl groups is 1. The SMILES string of the molecule is CCN(C)CCc1cc(C(=O)O)c(O)cc1C. The van der Waals surface area contributed by atoms with Gasteiger partial charge < -0.3 is 15.1 Å². The van der Waals surface area contributed by atoms with Gasteiger partial charge in [0, 0.05) is 6.54 Å². The number of hydrogen-bond acceptors (Lipinski definition) is 3. The van der Waals surface area contributed by atoms with E-state index in [0.29, 0.717) is 0 Å². The Morgan fingerprint density at radius 3 is 2.59 bits per heavy atom. The van der Waals surface area contributed by atoms with Gasteiger partial charge in [0.05, 0.1) is 0 Å². The first kappa shape index (κ1) is 13.5. The monoisotopic (exact) mass is 237 g/mol. The normalized spacial score (nSPS) is 10.8. The first-order valence-corrected chi connectivity index (χ1v) is 5.70. The van der Waals surface area contributed by atoms with Crippen LogP contribution in [0.15, 0.2) is 12.1 Å². The molecule has 2 N–H and O–H groups in total. The van der Waals surface area contributed by atoms with Crippen LogP contribution in [0.3, 0.4) is 0 Å². The molecule has 94 valence electrons. The molecule has 0 aliphatic carbocycles. The van der Waals surface area contributed by atoms with E-state index < -0.39 is 5.97 Å². The van der Waals surface area contributed by atoms with Crippen LogP contribution in [0, 0.1) is 6.92 Å². The Labute approximate surface area is 101 Å². The lowest BCUT2D eigenvalue weighted by Crippen LogP contribution is -2.20. The molecule has 0 amide bonds. The molecule has 0 saturated heterocycles. The molecule has 0 aliphatic rings. The first-order valence-electron chi connectivity index (χ1n) is 5.70. The molecule has 0 aliphatic heterocycles. The molecule has 4 nitrogen and oxygen atoms in total. The highest BCUT2D eigenvalue weighted by Gasteiger charge is 2.12. The predicted octanol–water partition coefficient (Wildman–Crippen LogP) is 1.89. The van der Waals surface area contributed by atoms with E-state index in [1.165, 1.54) is 6.07 Å². The summed E-state index contributed by atoms with van der Waals surface area (Å²) in [5.74, 6) is -1.25. The maximum Gasteiger partial charge on any atom is 0.339 e. The third kappa shape index (κ3) is 3.46. The average Bonchev–Trinajstić information content (AvgIpc) is 2.26. The molecular formula is C13H19NO3. The van der Waals surface area contributed by atoms with Crippen LogP contribution in [0.2, 0.25) is 0 Å². The molecule has 0 bridgehead atoms. The molecule has 1 aromatic carbocycles. The van der Waals surface area contributed by atoms with Crippen molar-refractivity contribution in [2.45, 2.75) is 20.3 Å².